The number of aliphatic carboxylic acids is 2. The Kier molecular flexibility index (Phi) is 35.3. The molecular formula is C84H100N6O14. The van der Waals surface area contributed by atoms with E-state index in [1.807, 2.05) is 218 Å². The van der Waals surface area contributed by atoms with Gasteiger partial charge in [0.2, 0.25) is 23.6 Å². The van der Waals surface area contributed by atoms with Crippen LogP contribution in [0.15, 0.2) is 218 Å². The van der Waals surface area contributed by atoms with Gasteiger partial charge in [-0.25, -0.2) is 0 Å². The number of amides is 4. The number of carboxylic acid groups (broad SMARTS) is 2. The molecule has 2 atom stereocenters. The number of ether oxygens (including phenoxy) is 6. The van der Waals surface area contributed by atoms with Crippen LogP contribution in [-0.4, -0.2) is 120 Å². The van der Waals surface area contributed by atoms with E-state index in [9.17, 15) is 28.8 Å². The van der Waals surface area contributed by atoms with Gasteiger partial charge in [0, 0.05) is 78.0 Å². The molecule has 8 aromatic rings. The molecule has 8 aromatic carbocycles. The van der Waals surface area contributed by atoms with Gasteiger partial charge in [-0.1, -0.05) is 170 Å². The van der Waals surface area contributed by atoms with Crippen molar-refractivity contribution in [3.05, 3.63) is 263 Å². The van der Waals surface area contributed by atoms with E-state index in [1.54, 1.807) is 0 Å². The van der Waals surface area contributed by atoms with Gasteiger partial charge in [0.15, 0.2) is 0 Å². The molecule has 0 unspecified atom stereocenters. The van der Waals surface area contributed by atoms with E-state index >= 15 is 0 Å². The van der Waals surface area contributed by atoms with Gasteiger partial charge in [0.1, 0.15) is 49.4 Å². The average Bonchev–Trinajstić information content (AvgIpc) is 0.850. The lowest BCUT2D eigenvalue weighted by Gasteiger charge is -2.31. The van der Waals surface area contributed by atoms with Gasteiger partial charge in [0.05, 0.1) is 38.5 Å². The number of carbonyl (C=O) groups is 6. The van der Waals surface area contributed by atoms with Crippen LogP contribution in [-0.2, 0) is 90.8 Å². The predicted molar refractivity (Wildman–Crippen MR) is 399 cm³/mol. The summed E-state index contributed by atoms with van der Waals surface area (Å²) in [5.74, 6) is 0.211. The quantitative estimate of drug-likeness (QED) is 0.0194. The summed E-state index contributed by atoms with van der Waals surface area (Å²) in [4.78, 5) is 80.8. The monoisotopic (exact) mass is 1420 g/mol. The van der Waals surface area contributed by atoms with E-state index in [-0.39, 0.29) is 102 Å². The Bertz CT molecular complexity index is 3340. The number of hydrogen-bond acceptors (Lipinski definition) is 14. The van der Waals surface area contributed by atoms with Gasteiger partial charge in [-0.05, 0) is 144 Å². The molecule has 550 valence electrons. The molecule has 0 aliphatic carbocycles. The Morgan fingerprint density at radius 2 is 0.577 bits per heavy atom. The fourth-order valence-corrected chi connectivity index (χ4v) is 11.6. The van der Waals surface area contributed by atoms with E-state index in [1.165, 1.54) is 0 Å². The van der Waals surface area contributed by atoms with E-state index in [0.29, 0.717) is 104 Å². The maximum atomic E-state index is 14.6. The number of carboxylic acids is 2. The highest BCUT2D eigenvalue weighted by molar-refractivity contribution is 5.82. The molecule has 0 radical (unpaired) electrons. The molecule has 0 aliphatic heterocycles. The molecule has 0 spiro atoms. The second-order valence-electron chi connectivity index (χ2n) is 25.5. The number of hydrogen-bond donors (Lipinski definition) is 6. The first-order valence-electron chi connectivity index (χ1n) is 36.1. The molecule has 20 nitrogen and oxygen atoms in total. The number of benzene rings is 8. The summed E-state index contributed by atoms with van der Waals surface area (Å²) >= 11 is 0. The smallest absolute Gasteiger partial charge is 0.303 e. The fraction of sp³-hybridized carbons (Fsp3) is 0.357. The second kappa shape index (κ2) is 46.3. The Morgan fingerprint density at radius 3 is 0.846 bits per heavy atom. The maximum absolute atomic E-state index is 14.6. The summed E-state index contributed by atoms with van der Waals surface area (Å²) < 4.78 is 36.5. The minimum atomic E-state index is -0.945. The van der Waals surface area contributed by atoms with Crippen molar-refractivity contribution < 1.29 is 67.4 Å². The van der Waals surface area contributed by atoms with Gasteiger partial charge in [-0.15, -0.1) is 0 Å². The van der Waals surface area contributed by atoms with E-state index in [0.717, 1.165) is 67.5 Å². The van der Waals surface area contributed by atoms with Crippen molar-refractivity contribution in [3.63, 3.8) is 0 Å². The molecule has 0 aromatic heterocycles. The van der Waals surface area contributed by atoms with Crippen LogP contribution in [0.5, 0.6) is 23.0 Å². The molecule has 0 saturated heterocycles. The van der Waals surface area contributed by atoms with Crippen LogP contribution in [0.4, 0.5) is 0 Å². The van der Waals surface area contributed by atoms with Crippen LogP contribution in [0.3, 0.4) is 0 Å². The lowest BCUT2D eigenvalue weighted by Crippen LogP contribution is -2.47. The Labute approximate surface area is 611 Å². The summed E-state index contributed by atoms with van der Waals surface area (Å²) in [7, 11) is 0. The van der Waals surface area contributed by atoms with Crippen LogP contribution in [0.2, 0.25) is 0 Å². The normalized spacial score (nSPS) is 11.7. The van der Waals surface area contributed by atoms with E-state index in [2.05, 4.69) is 31.1 Å². The van der Waals surface area contributed by atoms with Crippen LogP contribution >= 0.6 is 0 Å². The Balaban J connectivity index is 0.879. The minimum Gasteiger partial charge on any atom is -0.489 e. The first-order chi connectivity index (χ1) is 50.9. The van der Waals surface area contributed by atoms with E-state index in [4.69, 9.17) is 38.6 Å². The molecule has 0 aliphatic rings. The van der Waals surface area contributed by atoms with Crippen LogP contribution in [0.25, 0.3) is 0 Å². The number of nitrogens with one attached hydrogen (secondary N) is 4. The van der Waals surface area contributed by atoms with Crippen molar-refractivity contribution in [3.8, 4) is 23.0 Å². The third kappa shape index (κ3) is 31.5. The highest BCUT2D eigenvalue weighted by Crippen LogP contribution is 2.26. The fourth-order valence-electron chi connectivity index (χ4n) is 11.6. The highest BCUT2D eigenvalue weighted by atomic mass is 16.5. The van der Waals surface area contributed by atoms with Crippen molar-refractivity contribution >= 4 is 35.6 Å². The zero-order valence-electron chi connectivity index (χ0n) is 59.4. The highest BCUT2D eigenvalue weighted by Gasteiger charge is 2.28. The van der Waals surface area contributed by atoms with Crippen LogP contribution in [0, 0.1) is 0 Å². The molecule has 6 N–H and O–H groups in total. The summed E-state index contributed by atoms with van der Waals surface area (Å²) in [6.45, 7) is 5.50. The molecule has 0 bridgehead atoms. The van der Waals surface area contributed by atoms with Crippen molar-refractivity contribution in [2.24, 2.45) is 0 Å². The Morgan fingerprint density at radius 1 is 0.298 bits per heavy atom. The first-order valence-corrected chi connectivity index (χ1v) is 36.1. The number of rotatable bonds is 51. The second-order valence-corrected chi connectivity index (χ2v) is 25.5. The molecule has 0 heterocycles. The summed E-state index contributed by atoms with van der Waals surface area (Å²) in [5.41, 5.74) is 8.13. The molecule has 0 saturated carbocycles. The molecule has 20 heteroatoms. The zero-order chi connectivity index (χ0) is 73.0. The average molecular weight is 1420 g/mol. The number of carbonyl (C=O) groups excluding carboxylic acids is 4. The largest absolute Gasteiger partial charge is 0.489 e. The Hall–Kier alpha value is -10.4. The number of nitrogens with zero attached hydrogens (tertiary/aromatic N) is 2. The molecule has 0 fully saturated rings. The van der Waals surface area contributed by atoms with E-state index < -0.39 is 24.0 Å². The third-order valence-corrected chi connectivity index (χ3v) is 17.2. The van der Waals surface area contributed by atoms with Gasteiger partial charge < -0.3 is 59.9 Å². The molecular weight excluding hydrogens is 1320 g/mol. The first kappa shape index (κ1) is 79.3. The van der Waals surface area contributed by atoms with Crippen LogP contribution < -0.4 is 40.2 Å². The molecule has 104 heavy (non-hydrogen) atoms. The van der Waals surface area contributed by atoms with Gasteiger partial charge in [-0.2, -0.15) is 0 Å². The van der Waals surface area contributed by atoms with Gasteiger partial charge >= 0.3 is 11.9 Å². The molecule has 4 amide bonds. The topological polar surface area (TPSA) is 253 Å². The van der Waals surface area contributed by atoms with Crippen molar-refractivity contribution in [1.82, 2.24) is 31.1 Å². The van der Waals surface area contributed by atoms with Crippen molar-refractivity contribution in [2.75, 3.05) is 52.6 Å². The SMILES string of the molecule is O=C(O)CCCC(=O)NCCCC[C@@H](C(=O)NCCOCCOCCNC(=O)[C@H](CCCCNC(=O)CCCC(=O)O)N(Cc1ccc(OCc2ccccc2)cc1)Cc1ccc(OCc2ccccc2)cc1)N(Cc1ccc(OCc2ccccc2)cc1)Cc1ccc(OCc2ccccc2)cc1. The lowest BCUT2D eigenvalue weighted by molar-refractivity contribution is -0.138. The maximum Gasteiger partial charge on any atom is 0.303 e. The summed E-state index contributed by atoms with van der Waals surface area (Å²) in [6.07, 6.45) is 3.94. The number of unbranched alkanes of at least 4 members (excludes halogenated alkanes) is 2. The molecule has 8 rings (SSSR count). The van der Waals surface area contributed by atoms with Crippen molar-refractivity contribution in [2.45, 2.75) is 142 Å². The predicted octanol–water partition coefficient (Wildman–Crippen LogP) is 12.8. The third-order valence-electron chi connectivity index (χ3n) is 17.2. The van der Waals surface area contributed by atoms with Crippen molar-refractivity contribution in [1.29, 1.82) is 0 Å². The lowest BCUT2D eigenvalue weighted by atomic mass is 10.0. The minimum absolute atomic E-state index is 0.0813. The summed E-state index contributed by atoms with van der Waals surface area (Å²) in [5, 5.41) is 30.2. The van der Waals surface area contributed by atoms with Gasteiger partial charge in [0.25, 0.3) is 0 Å². The van der Waals surface area contributed by atoms with Crippen LogP contribution in [0.1, 0.15) is 122 Å². The summed E-state index contributed by atoms with van der Waals surface area (Å²) in [6, 6.07) is 70.3. The van der Waals surface area contributed by atoms with Gasteiger partial charge in [-0.3, -0.25) is 38.6 Å². The zero-order valence-corrected chi connectivity index (χ0v) is 59.4. The standard InChI is InChI=1S/C84H100N6O14/c91-79(29-17-31-81(93)94)85-49-15-13-27-77(89(57-65-33-41-73(42-34-65)101-61-69-19-5-1-6-20-69)58-66-35-43-74(44-36-66)102-62-70-21-7-2-8-22-70)83(97)87-51-53-99-55-56-100-54-52-88-84(98)78(28-14-16-50-86-80(92)30-18-32-82(95)96)90(59-67-37-45-75(46-38-67)103-63-71-23-9-3-10-24-71)60-68-39-47-76(48-40-68)104-64-72-25-11-4-12-26-72/h1-12,19-26,33-48,77-78H,13-18,27-32,49-64H2,(H,85,91)(H,86,92)(H,87,97)(H,88,98)(H,93,94)(H,95,96)/t77-,78-/m0/s1.